The first-order chi connectivity index (χ1) is 12.0. The molecule has 2 aromatic carbocycles. The molecule has 0 fully saturated rings. The van der Waals surface area contributed by atoms with Crippen LogP contribution in [-0.2, 0) is 6.54 Å². The zero-order chi connectivity index (χ0) is 18.4. The number of aliphatic hydroxyl groups excluding tert-OH is 1. The van der Waals surface area contributed by atoms with Crippen LogP contribution < -0.4 is 10.2 Å². The molecule has 2 aromatic rings. The van der Waals surface area contributed by atoms with E-state index in [2.05, 4.69) is 48.3 Å². The monoisotopic (exact) mass is 348 g/mol. The average molecular weight is 348 g/mol. The molecule has 2 N–H and O–H groups in total. The highest BCUT2D eigenvalue weighted by Gasteiger charge is 2.17. The van der Waals surface area contributed by atoms with E-state index in [1.165, 1.54) is 11.8 Å². The molecule has 0 saturated heterocycles. The normalized spacial score (nSPS) is 13.5. The van der Waals surface area contributed by atoms with Crippen LogP contribution in [0.25, 0.3) is 0 Å². The number of hydrogen-bond donors (Lipinski definition) is 2. The van der Waals surface area contributed by atoms with Crippen LogP contribution >= 0.6 is 0 Å². The van der Waals surface area contributed by atoms with Gasteiger partial charge in [0.2, 0.25) is 0 Å². The van der Waals surface area contributed by atoms with E-state index in [1.807, 2.05) is 6.92 Å². The molecule has 0 aromatic heterocycles. The van der Waals surface area contributed by atoms with Crippen molar-refractivity contribution < 1.29 is 13.9 Å². The Balaban J connectivity index is 1.94. The third-order valence-electron chi connectivity index (χ3n) is 4.45. The SMILES string of the molecule is CCN(CC)c1ccc(CN[C@@H](C)[C@@H](O)c2ccc(F)c(F)c2)cc1. The number of hydrogen-bond acceptors (Lipinski definition) is 3. The molecule has 25 heavy (non-hydrogen) atoms. The van der Waals surface area contributed by atoms with Gasteiger partial charge in [-0.25, -0.2) is 8.78 Å². The number of rotatable bonds is 8. The van der Waals surface area contributed by atoms with Crippen molar-refractivity contribution in [2.75, 3.05) is 18.0 Å². The summed E-state index contributed by atoms with van der Waals surface area (Å²) in [4.78, 5) is 2.27. The average Bonchev–Trinajstić information content (AvgIpc) is 2.63. The van der Waals surface area contributed by atoms with Gasteiger partial charge in [-0.2, -0.15) is 0 Å². The Kier molecular flexibility index (Phi) is 6.91. The molecule has 0 aliphatic heterocycles. The zero-order valence-corrected chi connectivity index (χ0v) is 15.0. The van der Waals surface area contributed by atoms with E-state index < -0.39 is 17.7 Å². The highest BCUT2D eigenvalue weighted by molar-refractivity contribution is 5.47. The Morgan fingerprint density at radius 3 is 2.20 bits per heavy atom. The second kappa shape index (κ2) is 8.92. The minimum absolute atomic E-state index is 0.299. The number of nitrogens with zero attached hydrogens (tertiary/aromatic N) is 1. The predicted molar refractivity (Wildman–Crippen MR) is 97.6 cm³/mol. The lowest BCUT2D eigenvalue weighted by molar-refractivity contribution is 0.135. The summed E-state index contributed by atoms with van der Waals surface area (Å²) in [5, 5.41) is 13.5. The van der Waals surface area contributed by atoms with Crippen molar-refractivity contribution in [1.29, 1.82) is 0 Å². The molecule has 5 heteroatoms. The molecule has 2 atom stereocenters. The third-order valence-corrected chi connectivity index (χ3v) is 4.45. The predicted octanol–water partition coefficient (Wildman–Crippen LogP) is 4.02. The molecule has 136 valence electrons. The van der Waals surface area contributed by atoms with Crippen LogP contribution in [0.5, 0.6) is 0 Å². The minimum Gasteiger partial charge on any atom is -0.387 e. The van der Waals surface area contributed by atoms with E-state index in [-0.39, 0.29) is 6.04 Å². The Morgan fingerprint density at radius 2 is 1.64 bits per heavy atom. The quantitative estimate of drug-likeness (QED) is 0.756. The van der Waals surface area contributed by atoms with E-state index in [4.69, 9.17) is 0 Å². The van der Waals surface area contributed by atoms with Crippen molar-refractivity contribution >= 4 is 5.69 Å². The van der Waals surface area contributed by atoms with Crippen molar-refractivity contribution in [2.24, 2.45) is 0 Å². The number of benzene rings is 2. The Labute approximate surface area is 148 Å². The van der Waals surface area contributed by atoms with Crippen LogP contribution in [0.1, 0.15) is 38.0 Å². The van der Waals surface area contributed by atoms with E-state index in [0.29, 0.717) is 12.1 Å². The highest BCUT2D eigenvalue weighted by Crippen LogP contribution is 2.20. The summed E-state index contributed by atoms with van der Waals surface area (Å²) in [5.41, 5.74) is 2.64. The summed E-state index contributed by atoms with van der Waals surface area (Å²) < 4.78 is 26.3. The highest BCUT2D eigenvalue weighted by atomic mass is 19.2. The van der Waals surface area contributed by atoms with Crippen molar-refractivity contribution in [1.82, 2.24) is 5.32 Å². The summed E-state index contributed by atoms with van der Waals surface area (Å²) >= 11 is 0. The second-order valence-corrected chi connectivity index (χ2v) is 6.13. The summed E-state index contributed by atoms with van der Waals surface area (Å²) in [6.45, 7) is 8.58. The van der Waals surface area contributed by atoms with E-state index in [0.717, 1.165) is 30.8 Å². The Morgan fingerprint density at radius 1 is 1.00 bits per heavy atom. The van der Waals surface area contributed by atoms with Gasteiger partial charge in [-0.15, -0.1) is 0 Å². The third kappa shape index (κ3) is 5.00. The maximum atomic E-state index is 13.3. The first-order valence-electron chi connectivity index (χ1n) is 8.66. The van der Waals surface area contributed by atoms with Crippen LogP contribution in [0.4, 0.5) is 14.5 Å². The summed E-state index contributed by atoms with van der Waals surface area (Å²) in [6, 6.07) is 11.5. The lowest BCUT2D eigenvalue weighted by Crippen LogP contribution is -2.31. The van der Waals surface area contributed by atoms with Gasteiger partial charge < -0.3 is 15.3 Å². The van der Waals surface area contributed by atoms with Crippen molar-refractivity contribution in [3.63, 3.8) is 0 Å². The summed E-state index contributed by atoms with van der Waals surface area (Å²) in [5.74, 6) is -1.86. The fraction of sp³-hybridized carbons (Fsp3) is 0.400. The fourth-order valence-electron chi connectivity index (χ4n) is 2.79. The van der Waals surface area contributed by atoms with E-state index in [9.17, 15) is 13.9 Å². The van der Waals surface area contributed by atoms with E-state index in [1.54, 1.807) is 0 Å². The molecular formula is C20H26F2N2O. The van der Waals surface area contributed by atoms with Crippen LogP contribution in [0.3, 0.4) is 0 Å². The lowest BCUT2D eigenvalue weighted by atomic mass is 10.0. The van der Waals surface area contributed by atoms with Gasteiger partial charge >= 0.3 is 0 Å². The fourth-order valence-corrected chi connectivity index (χ4v) is 2.79. The van der Waals surface area contributed by atoms with Gasteiger partial charge in [-0.05, 0) is 56.2 Å². The topological polar surface area (TPSA) is 35.5 Å². The second-order valence-electron chi connectivity index (χ2n) is 6.13. The van der Waals surface area contributed by atoms with Gasteiger partial charge in [0, 0.05) is 31.4 Å². The van der Waals surface area contributed by atoms with E-state index >= 15 is 0 Å². The van der Waals surface area contributed by atoms with Crippen molar-refractivity contribution in [3.8, 4) is 0 Å². The largest absolute Gasteiger partial charge is 0.387 e. The maximum absolute atomic E-state index is 13.3. The molecule has 0 heterocycles. The summed E-state index contributed by atoms with van der Waals surface area (Å²) in [6.07, 6.45) is -0.912. The van der Waals surface area contributed by atoms with Gasteiger partial charge in [-0.3, -0.25) is 0 Å². The van der Waals surface area contributed by atoms with Crippen molar-refractivity contribution in [3.05, 3.63) is 65.2 Å². The van der Waals surface area contributed by atoms with Gasteiger partial charge in [0.05, 0.1) is 6.10 Å². The number of halogens is 2. The minimum atomic E-state index is -0.948. The standard InChI is InChI=1S/C20H26F2N2O/c1-4-24(5-2)17-9-6-15(7-10-17)13-23-14(3)20(25)16-8-11-18(21)19(22)12-16/h6-12,14,20,23,25H,4-5,13H2,1-3H3/t14-,20+/m0/s1. The molecule has 0 radical (unpaired) electrons. The number of aliphatic hydroxyl groups is 1. The lowest BCUT2D eigenvalue weighted by Gasteiger charge is -2.22. The summed E-state index contributed by atoms with van der Waals surface area (Å²) in [7, 11) is 0. The molecule has 0 unspecified atom stereocenters. The van der Waals surface area contributed by atoms with Crippen LogP contribution in [0.2, 0.25) is 0 Å². The number of anilines is 1. The maximum Gasteiger partial charge on any atom is 0.159 e. The molecule has 0 aliphatic rings. The molecule has 0 bridgehead atoms. The zero-order valence-electron chi connectivity index (χ0n) is 15.0. The molecular weight excluding hydrogens is 322 g/mol. The number of nitrogens with one attached hydrogen (secondary N) is 1. The smallest absolute Gasteiger partial charge is 0.159 e. The first-order valence-corrected chi connectivity index (χ1v) is 8.66. The molecule has 3 nitrogen and oxygen atoms in total. The van der Waals surface area contributed by atoms with Gasteiger partial charge in [0.1, 0.15) is 0 Å². The van der Waals surface area contributed by atoms with Gasteiger partial charge in [-0.1, -0.05) is 18.2 Å². The van der Waals surface area contributed by atoms with Gasteiger partial charge in [0.25, 0.3) is 0 Å². The van der Waals surface area contributed by atoms with Crippen LogP contribution in [0.15, 0.2) is 42.5 Å². The molecule has 0 spiro atoms. The molecule has 0 aliphatic carbocycles. The van der Waals surface area contributed by atoms with Crippen LogP contribution in [-0.4, -0.2) is 24.2 Å². The molecule has 0 amide bonds. The van der Waals surface area contributed by atoms with Crippen molar-refractivity contribution in [2.45, 2.75) is 39.5 Å². The molecule has 0 saturated carbocycles. The first kappa shape index (κ1) is 19.3. The van der Waals surface area contributed by atoms with Gasteiger partial charge in [0.15, 0.2) is 11.6 Å². The van der Waals surface area contributed by atoms with Crippen LogP contribution in [0, 0.1) is 11.6 Å². The molecule has 2 rings (SSSR count). The Bertz CT molecular complexity index is 672. The Hall–Kier alpha value is -1.98.